The molecule has 1 heterocycles. The molecule has 1 aromatic rings. The first-order valence-electron chi connectivity index (χ1n) is 6.96. The molecule has 112 valence electrons. The summed E-state index contributed by atoms with van der Waals surface area (Å²) in [5, 5.41) is 11.2. The molecule has 5 heteroatoms. The number of thioether (sulfide) groups is 1. The minimum Gasteiger partial charge on any atom is -0.388 e. The molecule has 2 nitrogen and oxygen atoms in total. The fourth-order valence-corrected chi connectivity index (χ4v) is 4.09. The van der Waals surface area contributed by atoms with E-state index in [0.29, 0.717) is 22.5 Å². The van der Waals surface area contributed by atoms with Gasteiger partial charge >= 0.3 is 0 Å². The third-order valence-electron chi connectivity index (χ3n) is 3.48. The third kappa shape index (κ3) is 4.43. The second kappa shape index (κ2) is 6.87. The van der Waals surface area contributed by atoms with Crippen LogP contribution < -0.4 is 0 Å². The first kappa shape index (κ1) is 15.7. The largest absolute Gasteiger partial charge is 0.388 e. The van der Waals surface area contributed by atoms with E-state index in [1.807, 2.05) is 11.8 Å². The van der Waals surface area contributed by atoms with Crippen molar-refractivity contribution in [1.82, 2.24) is 4.90 Å². The van der Waals surface area contributed by atoms with Crippen LogP contribution in [0.4, 0.5) is 8.78 Å². The van der Waals surface area contributed by atoms with Gasteiger partial charge in [-0.05, 0) is 24.1 Å². The summed E-state index contributed by atoms with van der Waals surface area (Å²) in [5.74, 6) is -1.29. The Morgan fingerprint density at radius 1 is 1.20 bits per heavy atom. The Hall–Kier alpha value is -0.650. The Morgan fingerprint density at radius 3 is 2.30 bits per heavy atom. The van der Waals surface area contributed by atoms with Crippen molar-refractivity contribution in [2.75, 3.05) is 19.6 Å². The van der Waals surface area contributed by atoms with E-state index in [0.717, 1.165) is 25.7 Å². The summed E-state index contributed by atoms with van der Waals surface area (Å²) in [6.45, 7) is 7.14. The molecular formula is C15H21F2NOS. The van der Waals surface area contributed by atoms with Gasteiger partial charge in [0.1, 0.15) is 11.6 Å². The van der Waals surface area contributed by atoms with Gasteiger partial charge in [0.15, 0.2) is 0 Å². The van der Waals surface area contributed by atoms with Crippen LogP contribution in [0.5, 0.6) is 0 Å². The quantitative estimate of drug-likeness (QED) is 0.924. The van der Waals surface area contributed by atoms with E-state index >= 15 is 0 Å². The zero-order valence-corrected chi connectivity index (χ0v) is 12.7. The van der Waals surface area contributed by atoms with E-state index in [1.54, 1.807) is 0 Å². The summed E-state index contributed by atoms with van der Waals surface area (Å²) in [7, 11) is 0. The van der Waals surface area contributed by atoms with E-state index in [2.05, 4.69) is 18.7 Å². The molecule has 1 aromatic carbocycles. The molecule has 0 aromatic heterocycles. The highest BCUT2D eigenvalue weighted by atomic mass is 32.2. The molecular weight excluding hydrogens is 280 g/mol. The van der Waals surface area contributed by atoms with E-state index in [1.165, 1.54) is 12.1 Å². The Labute approximate surface area is 123 Å². The van der Waals surface area contributed by atoms with Gasteiger partial charge in [-0.3, -0.25) is 0 Å². The predicted octanol–water partition coefficient (Wildman–Crippen LogP) is 3.21. The molecule has 3 unspecified atom stereocenters. The number of hydrogen-bond donors (Lipinski definition) is 1. The van der Waals surface area contributed by atoms with Gasteiger partial charge in [0.2, 0.25) is 0 Å². The van der Waals surface area contributed by atoms with Gasteiger partial charge in [0, 0.05) is 36.2 Å². The van der Waals surface area contributed by atoms with Crippen molar-refractivity contribution in [3.63, 3.8) is 0 Å². The van der Waals surface area contributed by atoms with Crippen molar-refractivity contribution in [2.24, 2.45) is 0 Å². The van der Waals surface area contributed by atoms with Crippen LogP contribution in [0.25, 0.3) is 0 Å². The van der Waals surface area contributed by atoms with E-state index in [9.17, 15) is 13.9 Å². The summed E-state index contributed by atoms with van der Waals surface area (Å²) in [4.78, 5) is 2.31. The molecule has 3 atom stereocenters. The lowest BCUT2D eigenvalue weighted by atomic mass is 10.1. The van der Waals surface area contributed by atoms with Gasteiger partial charge in [0.25, 0.3) is 0 Å². The molecule has 0 saturated carbocycles. The van der Waals surface area contributed by atoms with Crippen LogP contribution in [0, 0.1) is 11.6 Å². The topological polar surface area (TPSA) is 23.5 Å². The third-order valence-corrected chi connectivity index (χ3v) is 4.71. The summed E-state index contributed by atoms with van der Waals surface area (Å²) in [6, 6.07) is 3.22. The fraction of sp³-hybridized carbons (Fsp3) is 0.600. The summed E-state index contributed by atoms with van der Waals surface area (Å²) in [5.41, 5.74) is 0.315. The molecule has 0 amide bonds. The molecule has 0 radical (unpaired) electrons. The number of nitrogens with zero attached hydrogens (tertiary/aromatic N) is 1. The Morgan fingerprint density at radius 2 is 1.75 bits per heavy atom. The van der Waals surface area contributed by atoms with E-state index in [-0.39, 0.29) is 0 Å². The van der Waals surface area contributed by atoms with Crippen molar-refractivity contribution in [2.45, 2.75) is 36.9 Å². The number of hydrogen-bond acceptors (Lipinski definition) is 3. The lowest BCUT2D eigenvalue weighted by molar-refractivity contribution is 0.140. The number of rotatable bonds is 4. The maximum Gasteiger partial charge on any atom is 0.126 e. The molecule has 0 bridgehead atoms. The highest BCUT2D eigenvalue weighted by Gasteiger charge is 2.22. The van der Waals surface area contributed by atoms with Gasteiger partial charge in [-0.15, -0.1) is 0 Å². The van der Waals surface area contributed by atoms with E-state index < -0.39 is 17.7 Å². The average Bonchev–Trinajstić information content (AvgIpc) is 2.33. The van der Waals surface area contributed by atoms with Crippen LogP contribution in [-0.4, -0.2) is 40.1 Å². The first-order chi connectivity index (χ1) is 9.44. The molecule has 2 rings (SSSR count). The second-order valence-electron chi connectivity index (χ2n) is 5.52. The Kier molecular flexibility index (Phi) is 5.41. The van der Waals surface area contributed by atoms with Gasteiger partial charge in [-0.2, -0.15) is 11.8 Å². The van der Waals surface area contributed by atoms with Gasteiger partial charge in [-0.1, -0.05) is 13.8 Å². The molecule has 20 heavy (non-hydrogen) atoms. The summed E-state index contributed by atoms with van der Waals surface area (Å²) in [6.07, 6.45) is -0.326. The molecule has 1 aliphatic rings. The van der Waals surface area contributed by atoms with Crippen molar-refractivity contribution < 1.29 is 13.9 Å². The van der Waals surface area contributed by atoms with Crippen molar-refractivity contribution >= 4 is 11.8 Å². The molecule has 1 N–H and O–H groups in total. The number of benzene rings is 1. The maximum atomic E-state index is 13.1. The van der Waals surface area contributed by atoms with Crippen LogP contribution in [-0.2, 0) is 0 Å². The fourth-order valence-electron chi connectivity index (χ4n) is 2.71. The average molecular weight is 301 g/mol. The van der Waals surface area contributed by atoms with Crippen LogP contribution >= 0.6 is 11.8 Å². The molecule has 1 aliphatic heterocycles. The zero-order chi connectivity index (χ0) is 14.7. The SMILES string of the molecule is CC1CN(CCC(O)c2cc(F)cc(F)c2)CC(C)S1. The van der Waals surface area contributed by atoms with Gasteiger partial charge in [-0.25, -0.2) is 8.78 Å². The van der Waals surface area contributed by atoms with Crippen LogP contribution in [0.1, 0.15) is 31.9 Å². The van der Waals surface area contributed by atoms with Crippen molar-refractivity contribution in [1.29, 1.82) is 0 Å². The predicted molar refractivity (Wildman–Crippen MR) is 78.9 cm³/mol. The summed E-state index contributed by atoms with van der Waals surface area (Å²) < 4.78 is 26.2. The Balaban J connectivity index is 1.89. The lowest BCUT2D eigenvalue weighted by Gasteiger charge is -2.35. The number of halogens is 2. The summed E-state index contributed by atoms with van der Waals surface area (Å²) >= 11 is 1.98. The highest BCUT2D eigenvalue weighted by molar-refractivity contribution is 8.00. The smallest absolute Gasteiger partial charge is 0.126 e. The minimum atomic E-state index is -0.819. The zero-order valence-electron chi connectivity index (χ0n) is 11.9. The van der Waals surface area contributed by atoms with Crippen LogP contribution in [0.15, 0.2) is 18.2 Å². The maximum absolute atomic E-state index is 13.1. The standard InChI is InChI=1S/C15H21F2NOS/c1-10-8-18(9-11(2)20-10)4-3-15(19)12-5-13(16)7-14(17)6-12/h5-7,10-11,15,19H,3-4,8-9H2,1-2H3. The number of aliphatic hydroxyl groups excluding tert-OH is 1. The molecule has 0 spiro atoms. The normalized spacial score (nSPS) is 25.6. The van der Waals surface area contributed by atoms with Crippen molar-refractivity contribution in [3.05, 3.63) is 35.4 Å². The van der Waals surface area contributed by atoms with Gasteiger partial charge in [0.05, 0.1) is 6.10 Å². The van der Waals surface area contributed by atoms with Crippen LogP contribution in [0.2, 0.25) is 0 Å². The van der Waals surface area contributed by atoms with E-state index in [4.69, 9.17) is 0 Å². The van der Waals surface area contributed by atoms with Crippen LogP contribution in [0.3, 0.4) is 0 Å². The first-order valence-corrected chi connectivity index (χ1v) is 7.90. The molecule has 0 aliphatic carbocycles. The molecule has 1 saturated heterocycles. The minimum absolute atomic E-state index is 0.315. The van der Waals surface area contributed by atoms with Gasteiger partial charge < -0.3 is 10.0 Å². The number of aliphatic hydroxyl groups is 1. The van der Waals surface area contributed by atoms with Crippen molar-refractivity contribution in [3.8, 4) is 0 Å². The Bertz CT molecular complexity index is 427. The highest BCUT2D eigenvalue weighted by Crippen LogP contribution is 2.26. The second-order valence-corrected chi connectivity index (χ2v) is 7.41. The lowest BCUT2D eigenvalue weighted by Crippen LogP contribution is -2.41. The molecule has 1 fully saturated rings. The monoisotopic (exact) mass is 301 g/mol.